The van der Waals surface area contributed by atoms with Crippen LogP contribution in [0.15, 0.2) is 78.9 Å². The van der Waals surface area contributed by atoms with Crippen LogP contribution in [0.1, 0.15) is 29.5 Å². The number of ether oxygens (including phenoxy) is 1. The summed E-state index contributed by atoms with van der Waals surface area (Å²) in [5.41, 5.74) is 1.52. The third kappa shape index (κ3) is 3.05. The Morgan fingerprint density at radius 3 is 2.47 bits per heavy atom. The number of nitrogens with zero attached hydrogens (tertiary/aromatic N) is 1. The summed E-state index contributed by atoms with van der Waals surface area (Å²) in [5.74, 6) is -0.364. The minimum absolute atomic E-state index is 0.323. The van der Waals surface area contributed by atoms with Gasteiger partial charge in [-0.2, -0.15) is 0 Å². The van der Waals surface area contributed by atoms with Gasteiger partial charge in [0, 0.05) is 27.8 Å². The number of amides is 1. The molecule has 1 fully saturated rings. The number of rotatable bonds is 5. The quantitative estimate of drug-likeness (QED) is 0.475. The van der Waals surface area contributed by atoms with Crippen LogP contribution in [-0.2, 0) is 16.9 Å². The normalized spacial score (nSPS) is 26.0. The van der Waals surface area contributed by atoms with E-state index in [1.165, 1.54) is 0 Å². The smallest absolute Gasteiger partial charge is 0.256 e. The third-order valence-corrected chi connectivity index (χ3v) is 6.48. The summed E-state index contributed by atoms with van der Waals surface area (Å²) in [4.78, 5) is 25.3. The molecule has 2 aliphatic heterocycles. The van der Waals surface area contributed by atoms with Gasteiger partial charge in [0.05, 0.1) is 5.92 Å². The van der Waals surface area contributed by atoms with Crippen molar-refractivity contribution in [1.29, 1.82) is 0 Å². The van der Waals surface area contributed by atoms with Crippen molar-refractivity contribution in [2.75, 3.05) is 5.32 Å². The summed E-state index contributed by atoms with van der Waals surface area (Å²) in [7, 11) is 0. The first-order chi connectivity index (χ1) is 15.5. The summed E-state index contributed by atoms with van der Waals surface area (Å²) in [6, 6.07) is 22.8. The molecule has 1 saturated heterocycles. The lowest BCUT2D eigenvalue weighted by Crippen LogP contribution is -2.54. The second-order valence-corrected chi connectivity index (χ2v) is 8.31. The Morgan fingerprint density at radius 1 is 1.00 bits per heavy atom. The second-order valence-electron chi connectivity index (χ2n) is 8.31. The fourth-order valence-electron chi connectivity index (χ4n) is 5.14. The maximum atomic E-state index is 13.2. The molecule has 0 bridgehead atoms. The first-order valence-electron chi connectivity index (χ1n) is 10.6. The van der Waals surface area contributed by atoms with E-state index in [-0.39, 0.29) is 11.0 Å². The van der Waals surface area contributed by atoms with Crippen molar-refractivity contribution in [2.24, 2.45) is 0 Å². The van der Waals surface area contributed by atoms with Gasteiger partial charge in [-0.15, -0.1) is 0 Å². The number of fused-ring (bicyclic) bond motifs is 2. The molecule has 0 saturated carbocycles. The lowest BCUT2D eigenvalue weighted by Gasteiger charge is -2.26. The van der Waals surface area contributed by atoms with Crippen LogP contribution < -0.4 is 15.4 Å². The van der Waals surface area contributed by atoms with E-state index in [0.717, 1.165) is 11.1 Å². The maximum absolute atomic E-state index is 13.2. The number of nitro groups is 1. The Labute approximate surface area is 185 Å². The fraction of sp³-hybridized carbons (Fsp3) is 0.240. The van der Waals surface area contributed by atoms with E-state index in [9.17, 15) is 14.9 Å². The number of hydrogen-bond acceptors (Lipinski definition) is 5. The van der Waals surface area contributed by atoms with Crippen molar-refractivity contribution in [3.8, 4) is 5.75 Å². The van der Waals surface area contributed by atoms with E-state index in [0.29, 0.717) is 23.6 Å². The van der Waals surface area contributed by atoms with Crippen molar-refractivity contribution >= 4 is 11.6 Å². The first-order valence-corrected chi connectivity index (χ1v) is 10.6. The Morgan fingerprint density at radius 2 is 1.69 bits per heavy atom. The van der Waals surface area contributed by atoms with Crippen LogP contribution >= 0.6 is 0 Å². The van der Waals surface area contributed by atoms with E-state index < -0.39 is 23.4 Å². The minimum atomic E-state index is -1.43. The standard InChI is InChI=1S/C25H23N3O4/c1-16-22(18-11-5-8-14-21(18)32-15-17-9-3-2-4-10-17)23(28(30)31)25(27-16)19-12-6-7-13-20(19)26-24(25)29/h2-14,16,22-23,27H,15H2,1H3,(H,26,29)/t16-,22-,23+,25-/m0/s1. The average molecular weight is 429 g/mol. The molecule has 2 N–H and O–H groups in total. The molecule has 1 amide bonds. The van der Waals surface area contributed by atoms with Crippen molar-refractivity contribution in [3.63, 3.8) is 0 Å². The zero-order valence-electron chi connectivity index (χ0n) is 17.5. The molecule has 4 atom stereocenters. The van der Waals surface area contributed by atoms with Gasteiger partial charge in [-0.3, -0.25) is 20.2 Å². The Bertz CT molecular complexity index is 1180. The lowest BCUT2D eigenvalue weighted by molar-refractivity contribution is -0.532. The highest BCUT2D eigenvalue weighted by Crippen LogP contribution is 2.50. The summed E-state index contributed by atoms with van der Waals surface area (Å²) in [6.07, 6.45) is 0. The van der Waals surface area contributed by atoms with Gasteiger partial charge < -0.3 is 10.1 Å². The van der Waals surface area contributed by atoms with Crippen molar-refractivity contribution < 1.29 is 14.5 Å². The molecule has 32 heavy (non-hydrogen) atoms. The van der Waals surface area contributed by atoms with Gasteiger partial charge in [-0.1, -0.05) is 66.7 Å². The van der Waals surface area contributed by atoms with Crippen molar-refractivity contribution in [3.05, 3.63) is 106 Å². The van der Waals surface area contributed by atoms with E-state index in [1.54, 1.807) is 18.2 Å². The minimum Gasteiger partial charge on any atom is -0.489 e. The molecular formula is C25H23N3O4. The number of hydrogen-bond donors (Lipinski definition) is 2. The number of carbonyl (C=O) groups excluding carboxylic acids is 1. The van der Waals surface area contributed by atoms with Gasteiger partial charge in [0.25, 0.3) is 11.9 Å². The van der Waals surface area contributed by atoms with E-state index in [4.69, 9.17) is 4.74 Å². The highest BCUT2D eigenvalue weighted by molar-refractivity contribution is 6.07. The number of carbonyl (C=O) groups is 1. The molecule has 0 aromatic heterocycles. The molecule has 3 aromatic carbocycles. The predicted octanol–water partition coefficient (Wildman–Crippen LogP) is 3.83. The zero-order valence-corrected chi connectivity index (χ0v) is 17.5. The second kappa shape index (κ2) is 7.76. The van der Waals surface area contributed by atoms with Crippen LogP contribution in [-0.4, -0.2) is 22.9 Å². The zero-order chi connectivity index (χ0) is 22.3. The summed E-state index contributed by atoms with van der Waals surface area (Å²) >= 11 is 0. The van der Waals surface area contributed by atoms with Gasteiger partial charge in [-0.05, 0) is 24.6 Å². The Hall–Kier alpha value is -3.71. The van der Waals surface area contributed by atoms with E-state index in [2.05, 4.69) is 10.6 Å². The van der Waals surface area contributed by atoms with Gasteiger partial charge in [-0.25, -0.2) is 0 Å². The van der Waals surface area contributed by atoms with Crippen LogP contribution in [0.25, 0.3) is 0 Å². The van der Waals surface area contributed by atoms with E-state index in [1.807, 2.05) is 67.6 Å². The first kappa shape index (κ1) is 20.2. The maximum Gasteiger partial charge on any atom is 0.256 e. The molecule has 3 aromatic rings. The summed E-state index contributed by atoms with van der Waals surface area (Å²) in [5, 5.41) is 18.6. The Balaban J connectivity index is 1.56. The fourth-order valence-corrected chi connectivity index (χ4v) is 5.14. The molecule has 2 aliphatic rings. The summed E-state index contributed by atoms with van der Waals surface area (Å²) < 4.78 is 6.11. The lowest BCUT2D eigenvalue weighted by atomic mass is 9.78. The molecule has 2 heterocycles. The molecule has 0 radical (unpaired) electrons. The van der Waals surface area contributed by atoms with E-state index >= 15 is 0 Å². The molecule has 5 rings (SSSR count). The topological polar surface area (TPSA) is 93.5 Å². The van der Waals surface area contributed by atoms with Gasteiger partial charge in [0.2, 0.25) is 0 Å². The summed E-state index contributed by atoms with van der Waals surface area (Å²) in [6.45, 7) is 2.24. The van der Waals surface area contributed by atoms with Crippen LogP contribution in [0, 0.1) is 10.1 Å². The molecule has 0 unspecified atom stereocenters. The van der Waals surface area contributed by atoms with Gasteiger partial charge >= 0.3 is 0 Å². The monoisotopic (exact) mass is 429 g/mol. The number of anilines is 1. The molecule has 162 valence electrons. The van der Waals surface area contributed by atoms with Crippen molar-refractivity contribution in [2.45, 2.75) is 37.1 Å². The average Bonchev–Trinajstić information content (AvgIpc) is 3.27. The van der Waals surface area contributed by atoms with Crippen LogP contribution in [0.5, 0.6) is 5.75 Å². The SMILES string of the molecule is C[C@@H]1N[C@]2(C(=O)Nc3ccccc32)[C@H]([N+](=O)[O-])[C@@H]1c1ccccc1OCc1ccccc1. The third-order valence-electron chi connectivity index (χ3n) is 6.48. The number of benzene rings is 3. The van der Waals surface area contributed by atoms with Crippen molar-refractivity contribution in [1.82, 2.24) is 5.32 Å². The van der Waals surface area contributed by atoms with Crippen LogP contribution in [0.4, 0.5) is 5.69 Å². The molecule has 1 spiro atoms. The predicted molar refractivity (Wildman–Crippen MR) is 120 cm³/mol. The van der Waals surface area contributed by atoms with Gasteiger partial charge in [0.1, 0.15) is 12.4 Å². The highest BCUT2D eigenvalue weighted by atomic mass is 16.6. The number of nitrogens with one attached hydrogen (secondary N) is 2. The Kier molecular flexibility index (Phi) is 4.90. The molecule has 0 aliphatic carbocycles. The van der Waals surface area contributed by atoms with Crippen LogP contribution in [0.2, 0.25) is 0 Å². The van der Waals surface area contributed by atoms with Crippen LogP contribution in [0.3, 0.4) is 0 Å². The van der Waals surface area contributed by atoms with Gasteiger partial charge in [0.15, 0.2) is 5.54 Å². The molecule has 7 nitrogen and oxygen atoms in total. The largest absolute Gasteiger partial charge is 0.489 e. The number of para-hydroxylation sites is 2. The highest BCUT2D eigenvalue weighted by Gasteiger charge is 2.67. The molecule has 7 heteroatoms. The molecular weight excluding hydrogens is 406 g/mol.